The van der Waals surface area contributed by atoms with Gasteiger partial charge in [-0.15, -0.1) is 12.4 Å². The van der Waals surface area contributed by atoms with Crippen molar-refractivity contribution in [1.29, 1.82) is 0 Å². The van der Waals surface area contributed by atoms with Crippen molar-refractivity contribution in [3.63, 3.8) is 0 Å². The molecule has 0 radical (unpaired) electrons. The van der Waals surface area contributed by atoms with E-state index in [4.69, 9.17) is 17.3 Å². The zero-order chi connectivity index (χ0) is 20.1. The Balaban J connectivity index is 0.00000392. The largest absolute Gasteiger partial charge is 0.619 e. The summed E-state index contributed by atoms with van der Waals surface area (Å²) < 4.78 is 15.7. The van der Waals surface area contributed by atoms with Crippen LogP contribution in [0, 0.1) is 11.0 Å². The van der Waals surface area contributed by atoms with Gasteiger partial charge in [0.1, 0.15) is 5.82 Å². The summed E-state index contributed by atoms with van der Waals surface area (Å²) in [6, 6.07) is 5.07. The Morgan fingerprint density at radius 2 is 2.04 bits per heavy atom. The Morgan fingerprint density at radius 3 is 2.61 bits per heavy atom. The average molecular weight is 430 g/mol. The zero-order valence-electron chi connectivity index (χ0n) is 15.4. The number of pyridine rings is 1. The third kappa shape index (κ3) is 5.64. The van der Waals surface area contributed by atoms with Gasteiger partial charge in [0.05, 0.1) is 16.1 Å². The second kappa shape index (κ2) is 10.4. The van der Waals surface area contributed by atoms with Gasteiger partial charge in [-0.05, 0) is 25.5 Å². The highest BCUT2D eigenvalue weighted by Crippen LogP contribution is 2.29. The van der Waals surface area contributed by atoms with E-state index in [-0.39, 0.29) is 46.6 Å². The number of nitrogens with one attached hydrogen (secondary N) is 1. The maximum atomic E-state index is 15.2. The number of halogens is 3. The van der Waals surface area contributed by atoms with Gasteiger partial charge in [-0.2, -0.15) is 4.73 Å². The van der Waals surface area contributed by atoms with Gasteiger partial charge in [-0.25, -0.2) is 4.39 Å². The fourth-order valence-electron chi connectivity index (χ4n) is 2.91. The van der Waals surface area contributed by atoms with Crippen molar-refractivity contribution in [1.82, 2.24) is 5.32 Å². The molecule has 1 aromatic heterocycles. The molecule has 0 aliphatic heterocycles. The van der Waals surface area contributed by atoms with Crippen LogP contribution in [0.25, 0.3) is 0 Å². The first-order valence-corrected chi connectivity index (χ1v) is 8.88. The topological polar surface area (TPSA) is 99.1 Å². The molecule has 1 heterocycles. The number of carbonyl (C=O) groups excluding carboxylic acids is 2. The van der Waals surface area contributed by atoms with E-state index >= 15 is 4.39 Å². The summed E-state index contributed by atoms with van der Waals surface area (Å²) in [7, 11) is 0. The molecule has 0 unspecified atom stereocenters. The zero-order valence-corrected chi connectivity index (χ0v) is 17.0. The van der Waals surface area contributed by atoms with E-state index in [9.17, 15) is 14.8 Å². The summed E-state index contributed by atoms with van der Waals surface area (Å²) >= 11 is 6.08. The van der Waals surface area contributed by atoms with Crippen LogP contribution in [0.4, 0.5) is 4.39 Å². The monoisotopic (exact) mass is 429 g/mol. The third-order valence-electron chi connectivity index (χ3n) is 4.16. The second-order valence-electron chi connectivity index (χ2n) is 6.31. The summed E-state index contributed by atoms with van der Waals surface area (Å²) in [6.07, 6.45) is 2.91. The highest BCUT2D eigenvalue weighted by Gasteiger charge is 2.25. The highest BCUT2D eigenvalue weighted by atomic mass is 35.5. The average Bonchev–Trinajstić information content (AvgIpc) is 2.59. The van der Waals surface area contributed by atoms with E-state index < -0.39 is 23.5 Å². The maximum absolute atomic E-state index is 15.2. The molecular weight excluding hydrogens is 408 g/mol. The van der Waals surface area contributed by atoms with Crippen LogP contribution in [0.5, 0.6) is 0 Å². The van der Waals surface area contributed by atoms with Crippen molar-refractivity contribution in [3.8, 4) is 0 Å². The van der Waals surface area contributed by atoms with Crippen LogP contribution in [0.1, 0.15) is 54.2 Å². The number of benzene rings is 1. The van der Waals surface area contributed by atoms with Crippen molar-refractivity contribution in [3.05, 3.63) is 69.4 Å². The Hall–Kier alpha value is -2.22. The van der Waals surface area contributed by atoms with Gasteiger partial charge >= 0.3 is 0 Å². The SMILES string of the molecule is CC[C@@H](N[C@H](C)CC(N)=O)c1ccc(Cl)c(C(=O)c2ccc[n+]([O-])c2)c1F.Cl. The van der Waals surface area contributed by atoms with E-state index in [2.05, 4.69) is 5.32 Å². The van der Waals surface area contributed by atoms with E-state index in [1.54, 1.807) is 6.92 Å². The Kier molecular flexibility index (Phi) is 8.81. The van der Waals surface area contributed by atoms with Crippen molar-refractivity contribution >= 4 is 35.7 Å². The molecule has 0 aliphatic rings. The molecule has 2 aromatic rings. The number of carbonyl (C=O) groups is 2. The first kappa shape index (κ1) is 23.8. The number of primary amides is 1. The summed E-state index contributed by atoms with van der Waals surface area (Å²) in [4.78, 5) is 23.8. The van der Waals surface area contributed by atoms with Crippen LogP contribution in [-0.4, -0.2) is 17.7 Å². The number of amides is 1. The molecule has 2 rings (SSSR count). The second-order valence-corrected chi connectivity index (χ2v) is 6.71. The van der Waals surface area contributed by atoms with Gasteiger partial charge in [0.25, 0.3) is 0 Å². The first-order chi connectivity index (χ1) is 12.7. The normalized spacial score (nSPS) is 12.7. The predicted molar refractivity (Wildman–Crippen MR) is 107 cm³/mol. The Bertz CT molecular complexity index is 864. The maximum Gasteiger partial charge on any atom is 0.218 e. The van der Waals surface area contributed by atoms with E-state index in [0.29, 0.717) is 11.2 Å². The van der Waals surface area contributed by atoms with Gasteiger partial charge in [0.15, 0.2) is 12.4 Å². The Morgan fingerprint density at radius 1 is 1.36 bits per heavy atom. The fourth-order valence-corrected chi connectivity index (χ4v) is 3.14. The lowest BCUT2D eigenvalue weighted by molar-refractivity contribution is -0.605. The van der Waals surface area contributed by atoms with Crippen molar-refractivity contribution in [2.75, 3.05) is 0 Å². The lowest BCUT2D eigenvalue weighted by Crippen LogP contribution is -2.34. The van der Waals surface area contributed by atoms with Gasteiger partial charge in [-0.3, -0.25) is 9.59 Å². The molecule has 0 aliphatic carbocycles. The molecule has 0 bridgehead atoms. The molecule has 28 heavy (non-hydrogen) atoms. The molecule has 3 N–H and O–H groups in total. The van der Waals surface area contributed by atoms with Crippen LogP contribution < -0.4 is 15.8 Å². The standard InChI is InChI=1S/C19H21ClFN3O3.ClH/c1-3-15(23-11(2)9-16(22)25)13-6-7-14(20)17(18(13)21)19(26)12-5-4-8-24(27)10-12;/h4-8,10-11,15,23H,3,9H2,1-2H3,(H2,22,25);1H/t11-,15-;/m1./s1. The number of aromatic nitrogens is 1. The summed E-state index contributed by atoms with van der Waals surface area (Å²) in [5, 5.41) is 14.5. The molecule has 0 spiro atoms. The molecular formula is C19H22Cl2FN3O3. The van der Waals surface area contributed by atoms with Crippen LogP contribution in [-0.2, 0) is 4.79 Å². The fraction of sp³-hybridized carbons (Fsp3) is 0.316. The third-order valence-corrected chi connectivity index (χ3v) is 4.48. The van der Waals surface area contributed by atoms with Crippen LogP contribution >= 0.6 is 24.0 Å². The van der Waals surface area contributed by atoms with E-state index in [1.807, 2.05) is 6.92 Å². The molecule has 9 heteroatoms. The number of hydrogen-bond donors (Lipinski definition) is 2. The molecule has 1 amide bonds. The summed E-state index contributed by atoms with van der Waals surface area (Å²) in [6.45, 7) is 3.62. The smallest absolute Gasteiger partial charge is 0.218 e. The van der Waals surface area contributed by atoms with Crippen molar-refractivity contribution in [2.45, 2.75) is 38.8 Å². The minimum atomic E-state index is -0.751. The molecule has 152 valence electrons. The number of nitrogens with two attached hydrogens (primary N) is 1. The van der Waals surface area contributed by atoms with Gasteiger partial charge in [0, 0.05) is 30.1 Å². The minimum Gasteiger partial charge on any atom is -0.619 e. The van der Waals surface area contributed by atoms with E-state index in [0.717, 1.165) is 6.20 Å². The number of nitrogens with zero attached hydrogens (tertiary/aromatic N) is 1. The van der Waals surface area contributed by atoms with Crippen LogP contribution in [0.15, 0.2) is 36.7 Å². The van der Waals surface area contributed by atoms with Crippen molar-refractivity contribution < 1.29 is 18.7 Å². The lowest BCUT2D eigenvalue weighted by Gasteiger charge is -2.23. The van der Waals surface area contributed by atoms with Crippen LogP contribution in [0.2, 0.25) is 5.02 Å². The number of ketones is 1. The highest BCUT2D eigenvalue weighted by molar-refractivity contribution is 6.35. The predicted octanol–water partition coefficient (Wildman–Crippen LogP) is 3.07. The van der Waals surface area contributed by atoms with Gasteiger partial charge < -0.3 is 16.3 Å². The minimum absolute atomic E-state index is 0. The van der Waals surface area contributed by atoms with Crippen molar-refractivity contribution in [2.24, 2.45) is 5.73 Å². The molecule has 2 atom stereocenters. The summed E-state index contributed by atoms with van der Waals surface area (Å²) in [5.74, 6) is -1.89. The molecule has 0 saturated heterocycles. The van der Waals surface area contributed by atoms with Crippen LogP contribution in [0.3, 0.4) is 0 Å². The summed E-state index contributed by atoms with van der Waals surface area (Å²) in [5.41, 5.74) is 5.20. The molecule has 0 saturated carbocycles. The van der Waals surface area contributed by atoms with Gasteiger partial charge in [0.2, 0.25) is 11.7 Å². The number of rotatable bonds is 8. The van der Waals surface area contributed by atoms with Gasteiger partial charge in [-0.1, -0.05) is 24.6 Å². The molecule has 6 nitrogen and oxygen atoms in total. The number of hydrogen-bond acceptors (Lipinski definition) is 4. The Labute approximate surface area is 173 Å². The molecule has 1 aromatic carbocycles. The first-order valence-electron chi connectivity index (χ1n) is 8.50. The molecule has 0 fully saturated rings. The quantitative estimate of drug-likeness (QED) is 0.382. The van der Waals surface area contributed by atoms with E-state index in [1.165, 1.54) is 30.5 Å². The lowest BCUT2D eigenvalue weighted by atomic mass is 9.96.